The highest BCUT2D eigenvalue weighted by Crippen LogP contribution is 2.15. The number of hydrogen-bond acceptors (Lipinski definition) is 1. The quantitative estimate of drug-likeness (QED) is 0.892. The van der Waals surface area contributed by atoms with Crippen LogP contribution >= 0.6 is 11.6 Å². The van der Waals surface area contributed by atoms with Crippen molar-refractivity contribution in [2.75, 3.05) is 5.32 Å². The predicted octanol–water partition coefficient (Wildman–Crippen LogP) is 3.83. The maximum atomic E-state index is 11.9. The summed E-state index contributed by atoms with van der Waals surface area (Å²) in [6, 6.07) is 15.1. The van der Waals surface area contributed by atoms with Crippen LogP contribution in [-0.2, 0) is 11.2 Å². The number of anilines is 1. The number of nitrogens with one attached hydrogen (secondary N) is 1. The van der Waals surface area contributed by atoms with Gasteiger partial charge in [0, 0.05) is 10.7 Å². The van der Waals surface area contributed by atoms with E-state index >= 15 is 0 Å². The molecule has 18 heavy (non-hydrogen) atoms. The average Bonchev–Trinajstić information content (AvgIpc) is 2.32. The third-order valence-corrected chi connectivity index (χ3v) is 2.91. The topological polar surface area (TPSA) is 29.1 Å². The molecule has 0 radical (unpaired) electrons. The van der Waals surface area contributed by atoms with Crippen molar-refractivity contribution >= 4 is 23.2 Å². The first-order chi connectivity index (χ1) is 8.65. The lowest BCUT2D eigenvalue weighted by Crippen LogP contribution is -2.15. The fourth-order valence-corrected chi connectivity index (χ4v) is 1.95. The predicted molar refractivity (Wildman–Crippen MR) is 75.0 cm³/mol. The van der Waals surface area contributed by atoms with E-state index in [-0.39, 0.29) is 5.91 Å². The lowest BCUT2D eigenvalue weighted by atomic mass is 10.1. The summed E-state index contributed by atoms with van der Waals surface area (Å²) < 4.78 is 0. The summed E-state index contributed by atoms with van der Waals surface area (Å²) in [7, 11) is 0. The molecule has 0 aliphatic rings. The summed E-state index contributed by atoms with van der Waals surface area (Å²) in [5.41, 5.74) is 2.81. The van der Waals surface area contributed by atoms with Gasteiger partial charge in [-0.2, -0.15) is 0 Å². The van der Waals surface area contributed by atoms with Crippen LogP contribution in [0.25, 0.3) is 0 Å². The molecule has 0 saturated heterocycles. The molecule has 1 N–H and O–H groups in total. The molecule has 92 valence electrons. The van der Waals surface area contributed by atoms with Crippen LogP contribution in [0.2, 0.25) is 5.02 Å². The first kappa shape index (κ1) is 12.7. The van der Waals surface area contributed by atoms with Gasteiger partial charge in [0.05, 0.1) is 6.42 Å². The number of benzene rings is 2. The second-order valence-corrected chi connectivity index (χ2v) is 4.61. The summed E-state index contributed by atoms with van der Waals surface area (Å²) in [6.07, 6.45) is 0.328. The molecule has 2 rings (SSSR count). The Morgan fingerprint density at radius 3 is 2.67 bits per heavy atom. The van der Waals surface area contributed by atoms with Crippen molar-refractivity contribution in [3.63, 3.8) is 0 Å². The zero-order chi connectivity index (χ0) is 13.0. The Labute approximate surface area is 112 Å². The Hall–Kier alpha value is -1.80. The second-order valence-electron chi connectivity index (χ2n) is 4.17. The van der Waals surface area contributed by atoms with E-state index < -0.39 is 0 Å². The molecule has 0 spiro atoms. The fourth-order valence-electron chi connectivity index (χ4n) is 1.74. The maximum absolute atomic E-state index is 11.9. The number of amides is 1. The number of halogens is 1. The van der Waals surface area contributed by atoms with Crippen LogP contribution in [0.4, 0.5) is 5.69 Å². The van der Waals surface area contributed by atoms with Gasteiger partial charge in [0.15, 0.2) is 0 Å². The number of carbonyl (C=O) groups is 1. The number of aryl methyl sites for hydroxylation is 1. The highest BCUT2D eigenvalue weighted by Gasteiger charge is 2.05. The van der Waals surface area contributed by atoms with Gasteiger partial charge in [-0.15, -0.1) is 0 Å². The molecule has 3 heteroatoms. The van der Waals surface area contributed by atoms with E-state index in [1.54, 1.807) is 12.1 Å². The Kier molecular flexibility index (Phi) is 4.00. The summed E-state index contributed by atoms with van der Waals surface area (Å²) in [5.74, 6) is -0.0356. The molecular formula is C15H14ClNO. The van der Waals surface area contributed by atoms with Crippen molar-refractivity contribution < 1.29 is 4.79 Å². The molecule has 2 nitrogen and oxygen atoms in total. The molecule has 0 aromatic heterocycles. The van der Waals surface area contributed by atoms with Gasteiger partial charge in [0.25, 0.3) is 0 Å². The minimum absolute atomic E-state index is 0.0356. The van der Waals surface area contributed by atoms with Gasteiger partial charge >= 0.3 is 0 Å². The molecular weight excluding hydrogens is 246 g/mol. The van der Waals surface area contributed by atoms with Crippen LogP contribution in [0.1, 0.15) is 11.1 Å². The van der Waals surface area contributed by atoms with Gasteiger partial charge in [0.2, 0.25) is 5.91 Å². The lowest BCUT2D eigenvalue weighted by Gasteiger charge is -2.08. The summed E-state index contributed by atoms with van der Waals surface area (Å²) in [4.78, 5) is 11.9. The molecule has 1 amide bonds. The minimum atomic E-state index is -0.0356. The van der Waals surface area contributed by atoms with Crippen LogP contribution in [0.5, 0.6) is 0 Å². The molecule has 0 aliphatic carbocycles. The second kappa shape index (κ2) is 5.69. The summed E-state index contributed by atoms with van der Waals surface area (Å²) in [5, 5.41) is 3.55. The smallest absolute Gasteiger partial charge is 0.228 e. The van der Waals surface area contributed by atoms with Gasteiger partial charge in [-0.1, -0.05) is 41.9 Å². The first-order valence-corrected chi connectivity index (χ1v) is 6.13. The van der Waals surface area contributed by atoms with Crippen molar-refractivity contribution in [2.45, 2.75) is 13.3 Å². The van der Waals surface area contributed by atoms with Gasteiger partial charge in [-0.25, -0.2) is 0 Å². The van der Waals surface area contributed by atoms with Crippen molar-refractivity contribution in [2.24, 2.45) is 0 Å². The maximum Gasteiger partial charge on any atom is 0.228 e. The third-order valence-electron chi connectivity index (χ3n) is 2.67. The van der Waals surface area contributed by atoms with Crippen molar-refractivity contribution in [3.8, 4) is 0 Å². The van der Waals surface area contributed by atoms with E-state index in [2.05, 4.69) is 5.32 Å². The van der Waals surface area contributed by atoms with E-state index in [4.69, 9.17) is 11.6 Å². The molecule has 0 aliphatic heterocycles. The van der Waals surface area contributed by atoms with Crippen molar-refractivity contribution in [3.05, 3.63) is 64.7 Å². The molecule has 2 aromatic carbocycles. The zero-order valence-electron chi connectivity index (χ0n) is 10.1. The largest absolute Gasteiger partial charge is 0.326 e. The van der Waals surface area contributed by atoms with Gasteiger partial charge < -0.3 is 5.32 Å². The molecule has 0 fully saturated rings. The van der Waals surface area contributed by atoms with Crippen molar-refractivity contribution in [1.29, 1.82) is 0 Å². The minimum Gasteiger partial charge on any atom is -0.326 e. The van der Waals surface area contributed by atoms with E-state index in [1.807, 2.05) is 43.3 Å². The number of rotatable bonds is 3. The Morgan fingerprint density at radius 2 is 1.94 bits per heavy atom. The van der Waals surface area contributed by atoms with Crippen LogP contribution < -0.4 is 5.32 Å². The van der Waals surface area contributed by atoms with Crippen molar-refractivity contribution in [1.82, 2.24) is 0 Å². The van der Waals surface area contributed by atoms with Gasteiger partial charge in [-0.05, 0) is 36.2 Å². The molecule has 0 saturated carbocycles. The highest BCUT2D eigenvalue weighted by atomic mass is 35.5. The Morgan fingerprint density at radius 1 is 1.17 bits per heavy atom. The molecule has 0 atom stereocenters. The number of carbonyl (C=O) groups excluding carboxylic acids is 1. The monoisotopic (exact) mass is 259 g/mol. The fraction of sp³-hybridized carbons (Fsp3) is 0.133. The summed E-state index contributed by atoms with van der Waals surface area (Å²) >= 11 is 5.88. The first-order valence-electron chi connectivity index (χ1n) is 5.75. The lowest BCUT2D eigenvalue weighted by molar-refractivity contribution is -0.115. The summed E-state index contributed by atoms with van der Waals surface area (Å²) in [6.45, 7) is 1.97. The van der Waals surface area contributed by atoms with E-state index in [0.29, 0.717) is 11.4 Å². The van der Waals surface area contributed by atoms with Gasteiger partial charge in [-0.3, -0.25) is 4.79 Å². The molecule has 0 unspecified atom stereocenters. The van der Waals surface area contributed by atoms with Crippen LogP contribution in [0.3, 0.4) is 0 Å². The third kappa shape index (κ3) is 3.34. The zero-order valence-corrected chi connectivity index (χ0v) is 10.9. The molecule has 0 heterocycles. The molecule has 0 bridgehead atoms. The Bertz CT molecular complexity index is 566. The van der Waals surface area contributed by atoms with Crippen LogP contribution in [0, 0.1) is 6.92 Å². The highest BCUT2D eigenvalue weighted by molar-refractivity contribution is 6.30. The van der Waals surface area contributed by atoms with E-state index in [1.165, 1.54) is 0 Å². The van der Waals surface area contributed by atoms with E-state index in [0.717, 1.165) is 16.8 Å². The standard InChI is InChI=1S/C15H14ClNO/c1-11-5-2-3-8-14(11)17-15(18)10-12-6-4-7-13(16)9-12/h2-9H,10H2,1H3,(H,17,18). The van der Waals surface area contributed by atoms with Crippen LogP contribution in [0.15, 0.2) is 48.5 Å². The normalized spacial score (nSPS) is 10.1. The van der Waals surface area contributed by atoms with Crippen LogP contribution in [-0.4, -0.2) is 5.91 Å². The van der Waals surface area contributed by atoms with Gasteiger partial charge in [0.1, 0.15) is 0 Å². The van der Waals surface area contributed by atoms with E-state index in [9.17, 15) is 4.79 Å². The average molecular weight is 260 g/mol. The number of hydrogen-bond donors (Lipinski definition) is 1. The Balaban J connectivity index is 2.03. The number of para-hydroxylation sites is 1. The molecule has 2 aromatic rings. The SMILES string of the molecule is Cc1ccccc1NC(=O)Cc1cccc(Cl)c1.